The third-order valence-electron chi connectivity index (χ3n) is 3.05. The van der Waals surface area contributed by atoms with Crippen molar-refractivity contribution >= 4 is 5.95 Å². The highest BCUT2D eigenvalue weighted by atomic mass is 19.4. The molecule has 118 valence electrons. The van der Waals surface area contributed by atoms with E-state index in [4.69, 9.17) is 0 Å². The predicted molar refractivity (Wildman–Crippen MR) is 77.9 cm³/mol. The van der Waals surface area contributed by atoms with Crippen LogP contribution in [0.15, 0.2) is 55.0 Å². The zero-order valence-electron chi connectivity index (χ0n) is 11.8. The SMILES string of the molecule is FC(F)(F)c1ccnc(NCc2cnn(-c3ccccc3)c2)n1. The third kappa shape index (κ3) is 3.65. The van der Waals surface area contributed by atoms with E-state index in [1.165, 1.54) is 0 Å². The Bertz CT molecular complexity index is 783. The molecule has 0 unspecified atom stereocenters. The highest BCUT2D eigenvalue weighted by Crippen LogP contribution is 2.27. The number of para-hydroxylation sites is 1. The van der Waals surface area contributed by atoms with E-state index in [-0.39, 0.29) is 12.5 Å². The van der Waals surface area contributed by atoms with Crippen LogP contribution in [0, 0.1) is 0 Å². The van der Waals surface area contributed by atoms with Crippen LogP contribution in [0.25, 0.3) is 5.69 Å². The number of aromatic nitrogens is 4. The van der Waals surface area contributed by atoms with Crippen LogP contribution in [0.2, 0.25) is 0 Å². The Balaban J connectivity index is 1.69. The molecular weight excluding hydrogens is 307 g/mol. The maximum Gasteiger partial charge on any atom is 0.433 e. The molecule has 3 aromatic rings. The van der Waals surface area contributed by atoms with Crippen LogP contribution >= 0.6 is 0 Å². The van der Waals surface area contributed by atoms with Crippen molar-refractivity contribution in [2.75, 3.05) is 5.32 Å². The van der Waals surface area contributed by atoms with Crippen molar-refractivity contribution in [3.63, 3.8) is 0 Å². The van der Waals surface area contributed by atoms with Gasteiger partial charge in [-0.05, 0) is 18.2 Å². The monoisotopic (exact) mass is 319 g/mol. The van der Waals surface area contributed by atoms with Crippen molar-refractivity contribution in [3.8, 4) is 5.69 Å². The molecule has 1 N–H and O–H groups in total. The topological polar surface area (TPSA) is 55.6 Å². The van der Waals surface area contributed by atoms with Gasteiger partial charge >= 0.3 is 6.18 Å². The molecule has 23 heavy (non-hydrogen) atoms. The molecule has 3 rings (SSSR count). The zero-order chi connectivity index (χ0) is 16.3. The molecule has 0 spiro atoms. The normalized spacial score (nSPS) is 11.4. The first-order valence-corrected chi connectivity index (χ1v) is 6.75. The number of alkyl halides is 3. The van der Waals surface area contributed by atoms with Crippen molar-refractivity contribution in [3.05, 3.63) is 66.2 Å². The molecule has 0 aliphatic carbocycles. The van der Waals surface area contributed by atoms with Crippen LogP contribution in [0.5, 0.6) is 0 Å². The highest BCUT2D eigenvalue weighted by molar-refractivity contribution is 5.32. The molecule has 0 atom stereocenters. The summed E-state index contributed by atoms with van der Waals surface area (Å²) >= 11 is 0. The van der Waals surface area contributed by atoms with Crippen molar-refractivity contribution < 1.29 is 13.2 Å². The van der Waals surface area contributed by atoms with Gasteiger partial charge in [-0.1, -0.05) is 18.2 Å². The van der Waals surface area contributed by atoms with Crippen molar-refractivity contribution in [2.45, 2.75) is 12.7 Å². The molecule has 8 heteroatoms. The summed E-state index contributed by atoms with van der Waals surface area (Å²) < 4.78 is 39.5. The van der Waals surface area contributed by atoms with Gasteiger partial charge < -0.3 is 5.32 Å². The van der Waals surface area contributed by atoms with Gasteiger partial charge in [-0.25, -0.2) is 14.6 Å². The molecule has 0 aliphatic rings. The maximum atomic E-state index is 12.6. The smallest absolute Gasteiger partial charge is 0.350 e. The van der Waals surface area contributed by atoms with Crippen LogP contribution in [0.4, 0.5) is 19.1 Å². The van der Waals surface area contributed by atoms with E-state index in [2.05, 4.69) is 20.4 Å². The molecule has 0 saturated heterocycles. The van der Waals surface area contributed by atoms with Gasteiger partial charge in [0, 0.05) is 24.5 Å². The van der Waals surface area contributed by atoms with Gasteiger partial charge in [-0.2, -0.15) is 18.3 Å². The molecule has 1 aromatic carbocycles. The van der Waals surface area contributed by atoms with E-state index in [0.717, 1.165) is 23.5 Å². The largest absolute Gasteiger partial charge is 0.433 e. The summed E-state index contributed by atoms with van der Waals surface area (Å²) in [5.74, 6) is -0.0766. The van der Waals surface area contributed by atoms with Gasteiger partial charge in [0.2, 0.25) is 5.95 Å². The second-order valence-corrected chi connectivity index (χ2v) is 4.75. The molecular formula is C15H12F3N5. The van der Waals surface area contributed by atoms with E-state index >= 15 is 0 Å². The van der Waals surface area contributed by atoms with Gasteiger partial charge in [-0.15, -0.1) is 0 Å². The average Bonchev–Trinajstić information content (AvgIpc) is 3.02. The fraction of sp³-hybridized carbons (Fsp3) is 0.133. The van der Waals surface area contributed by atoms with E-state index in [1.54, 1.807) is 17.1 Å². The lowest BCUT2D eigenvalue weighted by Crippen LogP contribution is -2.11. The summed E-state index contributed by atoms with van der Waals surface area (Å²) in [6, 6.07) is 10.3. The number of halogens is 3. The van der Waals surface area contributed by atoms with Gasteiger partial charge in [-0.3, -0.25) is 0 Å². The fourth-order valence-electron chi connectivity index (χ4n) is 1.96. The van der Waals surface area contributed by atoms with Gasteiger partial charge in [0.15, 0.2) is 0 Å². The van der Waals surface area contributed by atoms with Crippen molar-refractivity contribution in [2.24, 2.45) is 0 Å². The van der Waals surface area contributed by atoms with E-state index in [1.807, 2.05) is 30.3 Å². The number of nitrogens with zero attached hydrogens (tertiary/aromatic N) is 4. The van der Waals surface area contributed by atoms with E-state index < -0.39 is 11.9 Å². The lowest BCUT2D eigenvalue weighted by atomic mass is 10.3. The Labute approximate surface area is 129 Å². The number of rotatable bonds is 4. The number of nitrogens with one attached hydrogen (secondary N) is 1. The molecule has 0 saturated carbocycles. The number of hydrogen-bond donors (Lipinski definition) is 1. The lowest BCUT2D eigenvalue weighted by molar-refractivity contribution is -0.141. The summed E-state index contributed by atoms with van der Waals surface area (Å²) in [6.07, 6.45) is 0.00661. The predicted octanol–water partition coefficient (Wildman–Crippen LogP) is 3.29. The number of hydrogen-bond acceptors (Lipinski definition) is 4. The molecule has 0 amide bonds. The summed E-state index contributed by atoms with van der Waals surface area (Å²) in [7, 11) is 0. The standard InChI is InChI=1S/C15H12F3N5/c16-15(17,18)13-6-7-19-14(22-13)20-8-11-9-21-23(10-11)12-4-2-1-3-5-12/h1-7,9-10H,8H2,(H,19,20,22). The average molecular weight is 319 g/mol. The summed E-state index contributed by atoms with van der Waals surface area (Å²) in [5, 5.41) is 6.97. The fourth-order valence-corrected chi connectivity index (χ4v) is 1.96. The molecule has 2 heterocycles. The maximum absolute atomic E-state index is 12.6. The van der Waals surface area contributed by atoms with Crippen LogP contribution in [-0.4, -0.2) is 19.7 Å². The Morgan fingerprint density at radius 3 is 2.61 bits per heavy atom. The lowest BCUT2D eigenvalue weighted by Gasteiger charge is -2.07. The summed E-state index contributed by atoms with van der Waals surface area (Å²) in [5.41, 5.74) is 0.721. The molecule has 0 radical (unpaired) electrons. The molecule has 0 aliphatic heterocycles. The van der Waals surface area contributed by atoms with Crippen LogP contribution < -0.4 is 5.32 Å². The molecule has 5 nitrogen and oxygen atoms in total. The van der Waals surface area contributed by atoms with Crippen LogP contribution in [0.3, 0.4) is 0 Å². The molecule has 0 bridgehead atoms. The van der Waals surface area contributed by atoms with Gasteiger partial charge in [0.05, 0.1) is 11.9 Å². The number of anilines is 1. The van der Waals surface area contributed by atoms with E-state index in [9.17, 15) is 13.2 Å². The first-order chi connectivity index (χ1) is 11.0. The minimum absolute atomic E-state index is 0.0766. The van der Waals surface area contributed by atoms with Gasteiger partial charge in [0.25, 0.3) is 0 Å². The minimum Gasteiger partial charge on any atom is -0.350 e. The van der Waals surface area contributed by atoms with Crippen molar-refractivity contribution in [1.29, 1.82) is 0 Å². The van der Waals surface area contributed by atoms with E-state index in [0.29, 0.717) is 0 Å². The molecule has 0 fully saturated rings. The summed E-state index contributed by atoms with van der Waals surface area (Å²) in [6.45, 7) is 0.272. The molecule has 2 aromatic heterocycles. The van der Waals surface area contributed by atoms with Crippen molar-refractivity contribution in [1.82, 2.24) is 19.7 Å². The quantitative estimate of drug-likeness (QED) is 0.802. The Hall–Kier alpha value is -2.90. The second-order valence-electron chi connectivity index (χ2n) is 4.75. The third-order valence-corrected chi connectivity index (χ3v) is 3.05. The Morgan fingerprint density at radius 2 is 1.87 bits per heavy atom. The first kappa shape index (κ1) is 15.0. The Kier molecular flexibility index (Phi) is 3.96. The van der Waals surface area contributed by atoms with Crippen LogP contribution in [0.1, 0.15) is 11.3 Å². The van der Waals surface area contributed by atoms with Crippen LogP contribution in [-0.2, 0) is 12.7 Å². The second kappa shape index (κ2) is 6.07. The Morgan fingerprint density at radius 1 is 1.09 bits per heavy atom. The zero-order valence-corrected chi connectivity index (χ0v) is 11.8. The minimum atomic E-state index is -4.49. The van der Waals surface area contributed by atoms with Gasteiger partial charge in [0.1, 0.15) is 5.69 Å². The highest BCUT2D eigenvalue weighted by Gasteiger charge is 2.32. The number of benzene rings is 1. The summed E-state index contributed by atoms with van der Waals surface area (Å²) in [4.78, 5) is 7.23. The first-order valence-electron chi connectivity index (χ1n) is 6.75.